The van der Waals surface area contributed by atoms with Gasteiger partial charge in [0.1, 0.15) is 0 Å². The molecule has 0 aliphatic rings. The summed E-state index contributed by atoms with van der Waals surface area (Å²) >= 11 is 1.58. The van der Waals surface area contributed by atoms with E-state index in [0.717, 1.165) is 12.1 Å². The molecule has 24 heavy (non-hydrogen) atoms. The third-order valence-corrected chi connectivity index (χ3v) is 4.62. The fourth-order valence-corrected chi connectivity index (χ4v) is 3.34. The van der Waals surface area contributed by atoms with Crippen molar-refractivity contribution in [3.05, 3.63) is 88.4 Å². The molecular formula is C20H20N2OS. The first-order valence-electron chi connectivity index (χ1n) is 8.06. The number of aromatic nitrogens is 1. The molecule has 1 aromatic heterocycles. The van der Waals surface area contributed by atoms with Crippen molar-refractivity contribution in [3.8, 4) is 0 Å². The van der Waals surface area contributed by atoms with Crippen LogP contribution in [-0.4, -0.2) is 17.4 Å². The Morgan fingerprint density at radius 1 is 1.00 bits per heavy atom. The number of nitrogens with one attached hydrogen (secondary N) is 1. The third kappa shape index (κ3) is 4.52. The van der Waals surface area contributed by atoms with Crippen molar-refractivity contribution in [3.63, 3.8) is 0 Å². The van der Waals surface area contributed by atoms with Gasteiger partial charge >= 0.3 is 0 Å². The Hall–Kier alpha value is -2.46. The second kappa shape index (κ2) is 8.41. The average molecular weight is 336 g/mol. The summed E-state index contributed by atoms with van der Waals surface area (Å²) in [5.41, 5.74) is 5.18. The van der Waals surface area contributed by atoms with Crippen molar-refractivity contribution >= 4 is 17.2 Å². The van der Waals surface area contributed by atoms with Gasteiger partial charge in [-0.3, -0.25) is 4.79 Å². The van der Waals surface area contributed by atoms with Crippen LogP contribution in [0, 0.1) is 0 Å². The standard InChI is InChI=1S/C20H20N2OS/c23-20(21-12-11-18-14-24-15-22-18)13-19(16-7-3-1-4-8-16)17-9-5-2-6-10-17/h1-10,14-15,19H,11-13H2,(H,21,23). The van der Waals surface area contributed by atoms with E-state index >= 15 is 0 Å². The maximum absolute atomic E-state index is 12.4. The minimum Gasteiger partial charge on any atom is -0.356 e. The van der Waals surface area contributed by atoms with Crippen LogP contribution in [0.5, 0.6) is 0 Å². The number of benzene rings is 2. The molecule has 0 saturated heterocycles. The Morgan fingerprint density at radius 2 is 1.62 bits per heavy atom. The van der Waals surface area contributed by atoms with Crippen LogP contribution in [0.15, 0.2) is 71.6 Å². The van der Waals surface area contributed by atoms with Crippen LogP contribution < -0.4 is 5.32 Å². The first-order valence-corrected chi connectivity index (χ1v) is 9.01. The Balaban J connectivity index is 1.64. The molecule has 0 spiro atoms. The van der Waals surface area contributed by atoms with E-state index in [1.165, 1.54) is 11.1 Å². The predicted molar refractivity (Wildman–Crippen MR) is 98.2 cm³/mol. The number of thiazole rings is 1. The first-order chi connectivity index (χ1) is 11.8. The van der Waals surface area contributed by atoms with Gasteiger partial charge in [0.2, 0.25) is 5.91 Å². The molecule has 0 fully saturated rings. The van der Waals surface area contributed by atoms with Gasteiger partial charge in [0, 0.05) is 30.7 Å². The summed E-state index contributed by atoms with van der Waals surface area (Å²) in [7, 11) is 0. The van der Waals surface area contributed by atoms with Gasteiger partial charge in [-0.05, 0) is 11.1 Å². The van der Waals surface area contributed by atoms with Crippen molar-refractivity contribution < 1.29 is 4.79 Å². The molecule has 0 atom stereocenters. The van der Waals surface area contributed by atoms with E-state index < -0.39 is 0 Å². The van der Waals surface area contributed by atoms with Crippen LogP contribution in [0.2, 0.25) is 0 Å². The highest BCUT2D eigenvalue weighted by molar-refractivity contribution is 7.07. The van der Waals surface area contributed by atoms with E-state index in [0.29, 0.717) is 13.0 Å². The highest BCUT2D eigenvalue weighted by Crippen LogP contribution is 2.27. The molecule has 122 valence electrons. The van der Waals surface area contributed by atoms with E-state index in [4.69, 9.17) is 0 Å². The van der Waals surface area contributed by atoms with Crippen molar-refractivity contribution in [2.24, 2.45) is 0 Å². The number of amides is 1. The number of hydrogen-bond donors (Lipinski definition) is 1. The zero-order valence-electron chi connectivity index (χ0n) is 13.4. The first kappa shape index (κ1) is 16.4. The highest BCUT2D eigenvalue weighted by atomic mass is 32.1. The van der Waals surface area contributed by atoms with E-state index in [9.17, 15) is 4.79 Å². The summed E-state index contributed by atoms with van der Waals surface area (Å²) in [6, 6.07) is 20.4. The molecule has 1 N–H and O–H groups in total. The van der Waals surface area contributed by atoms with E-state index in [2.05, 4.69) is 34.6 Å². The molecule has 3 rings (SSSR count). The molecule has 3 aromatic rings. The largest absolute Gasteiger partial charge is 0.356 e. The zero-order valence-corrected chi connectivity index (χ0v) is 14.2. The Labute approximate surface area is 146 Å². The van der Waals surface area contributed by atoms with Gasteiger partial charge in [-0.1, -0.05) is 60.7 Å². The monoisotopic (exact) mass is 336 g/mol. The fourth-order valence-electron chi connectivity index (χ4n) is 2.75. The number of nitrogens with zero attached hydrogens (tertiary/aromatic N) is 1. The van der Waals surface area contributed by atoms with Crippen LogP contribution >= 0.6 is 11.3 Å². The molecule has 3 nitrogen and oxygen atoms in total. The molecule has 0 unspecified atom stereocenters. The van der Waals surface area contributed by atoms with Gasteiger partial charge in [-0.15, -0.1) is 11.3 Å². The van der Waals surface area contributed by atoms with Gasteiger partial charge < -0.3 is 5.32 Å². The van der Waals surface area contributed by atoms with Crippen molar-refractivity contribution in [1.29, 1.82) is 0 Å². The summed E-state index contributed by atoms with van der Waals surface area (Å²) in [5.74, 6) is 0.148. The van der Waals surface area contributed by atoms with Crippen molar-refractivity contribution in [2.75, 3.05) is 6.54 Å². The summed E-state index contributed by atoms with van der Waals surface area (Å²) in [5, 5.41) is 5.03. The van der Waals surface area contributed by atoms with E-state index in [-0.39, 0.29) is 11.8 Å². The van der Waals surface area contributed by atoms with Gasteiger partial charge in [0.15, 0.2) is 0 Å². The van der Waals surface area contributed by atoms with E-state index in [1.54, 1.807) is 11.3 Å². The molecule has 2 aromatic carbocycles. The van der Waals surface area contributed by atoms with Crippen LogP contribution in [-0.2, 0) is 11.2 Å². The van der Waals surface area contributed by atoms with Gasteiger partial charge in [-0.25, -0.2) is 4.98 Å². The Kier molecular flexibility index (Phi) is 5.75. The van der Waals surface area contributed by atoms with Gasteiger partial charge in [0.25, 0.3) is 0 Å². The lowest BCUT2D eigenvalue weighted by atomic mass is 9.88. The van der Waals surface area contributed by atoms with Crippen molar-refractivity contribution in [1.82, 2.24) is 10.3 Å². The Bertz CT molecular complexity index is 702. The van der Waals surface area contributed by atoms with Crippen molar-refractivity contribution in [2.45, 2.75) is 18.8 Å². The molecule has 4 heteroatoms. The molecule has 0 bridgehead atoms. The van der Waals surface area contributed by atoms with Crippen LogP contribution in [0.25, 0.3) is 0 Å². The molecule has 0 aliphatic carbocycles. The lowest BCUT2D eigenvalue weighted by molar-refractivity contribution is -0.121. The summed E-state index contributed by atoms with van der Waals surface area (Å²) in [6.07, 6.45) is 1.22. The number of carbonyl (C=O) groups is 1. The van der Waals surface area contributed by atoms with Crippen LogP contribution in [0.1, 0.15) is 29.2 Å². The smallest absolute Gasteiger partial charge is 0.220 e. The molecule has 0 saturated carbocycles. The second-order valence-corrected chi connectivity index (χ2v) is 6.38. The zero-order chi connectivity index (χ0) is 16.6. The normalized spacial score (nSPS) is 10.7. The van der Waals surface area contributed by atoms with Gasteiger partial charge in [0.05, 0.1) is 11.2 Å². The number of rotatable bonds is 7. The molecular weight excluding hydrogens is 316 g/mol. The Morgan fingerprint density at radius 3 is 2.17 bits per heavy atom. The molecule has 1 heterocycles. The maximum Gasteiger partial charge on any atom is 0.220 e. The second-order valence-electron chi connectivity index (χ2n) is 5.66. The third-order valence-electron chi connectivity index (χ3n) is 3.98. The maximum atomic E-state index is 12.4. The van der Waals surface area contributed by atoms with Crippen LogP contribution in [0.4, 0.5) is 0 Å². The minimum atomic E-state index is 0.0722. The molecule has 0 radical (unpaired) electrons. The minimum absolute atomic E-state index is 0.0722. The SMILES string of the molecule is O=C(CC(c1ccccc1)c1ccccc1)NCCc1cscn1. The fraction of sp³-hybridized carbons (Fsp3) is 0.200. The average Bonchev–Trinajstić information content (AvgIpc) is 3.15. The van der Waals surface area contributed by atoms with Gasteiger partial charge in [-0.2, -0.15) is 0 Å². The topological polar surface area (TPSA) is 42.0 Å². The summed E-state index contributed by atoms with van der Waals surface area (Å²) in [4.78, 5) is 16.6. The number of carbonyl (C=O) groups excluding carboxylic acids is 1. The molecule has 1 amide bonds. The highest BCUT2D eigenvalue weighted by Gasteiger charge is 2.17. The summed E-state index contributed by atoms with van der Waals surface area (Å²) < 4.78 is 0. The molecule has 0 aliphatic heterocycles. The number of hydrogen-bond acceptors (Lipinski definition) is 3. The lowest BCUT2D eigenvalue weighted by Crippen LogP contribution is -2.27. The van der Waals surface area contributed by atoms with E-state index in [1.807, 2.05) is 47.3 Å². The quantitative estimate of drug-likeness (QED) is 0.708. The predicted octanol–water partition coefficient (Wildman–Crippen LogP) is 4.02. The lowest BCUT2D eigenvalue weighted by Gasteiger charge is -2.17. The summed E-state index contributed by atoms with van der Waals surface area (Å²) in [6.45, 7) is 0.624. The van der Waals surface area contributed by atoms with Crippen LogP contribution in [0.3, 0.4) is 0 Å².